The molecule has 2 rings (SSSR count). The van der Waals surface area contributed by atoms with Gasteiger partial charge in [0.1, 0.15) is 0 Å². The predicted molar refractivity (Wildman–Crippen MR) is 68.4 cm³/mol. The van der Waals surface area contributed by atoms with Gasteiger partial charge in [0.2, 0.25) is 11.9 Å². The van der Waals surface area contributed by atoms with Gasteiger partial charge in [-0.3, -0.25) is 5.43 Å². The van der Waals surface area contributed by atoms with Crippen molar-refractivity contribution in [1.29, 1.82) is 0 Å². The molecule has 2 aromatic rings. The Balaban J connectivity index is 2.36. The number of anilines is 2. The van der Waals surface area contributed by atoms with Crippen LogP contribution in [0.3, 0.4) is 0 Å². The molecule has 0 bridgehead atoms. The molecule has 96 valence electrons. The fraction of sp³-hybridized carbons (Fsp3) is 0.400. The van der Waals surface area contributed by atoms with Gasteiger partial charge in [0, 0.05) is 33.0 Å². The maximum absolute atomic E-state index is 4.28. The molecule has 0 radical (unpaired) electrons. The van der Waals surface area contributed by atoms with Crippen LogP contribution in [0, 0.1) is 0 Å². The summed E-state index contributed by atoms with van der Waals surface area (Å²) in [4.78, 5) is 12.8. The van der Waals surface area contributed by atoms with Crippen LogP contribution in [0.4, 0.5) is 11.9 Å². The van der Waals surface area contributed by atoms with Gasteiger partial charge in [-0.25, -0.2) is 9.69 Å². The molecule has 0 atom stereocenters. The van der Waals surface area contributed by atoms with Crippen molar-refractivity contribution in [2.45, 2.75) is 6.92 Å². The van der Waals surface area contributed by atoms with Crippen LogP contribution in [-0.2, 0) is 0 Å². The average Bonchev–Trinajstić information content (AvgIpc) is 2.81. The molecule has 0 saturated heterocycles. The summed E-state index contributed by atoms with van der Waals surface area (Å²) in [7, 11) is 3.73. The second-order valence-corrected chi connectivity index (χ2v) is 3.77. The number of hydrogen-bond acceptors (Lipinski definition) is 7. The van der Waals surface area contributed by atoms with E-state index in [1.54, 1.807) is 22.1 Å². The second-order valence-electron chi connectivity index (χ2n) is 3.77. The van der Waals surface area contributed by atoms with Gasteiger partial charge in [0.25, 0.3) is 5.95 Å². The lowest BCUT2D eigenvalue weighted by Crippen LogP contribution is -2.22. The minimum atomic E-state index is 0.468. The van der Waals surface area contributed by atoms with Crippen molar-refractivity contribution < 1.29 is 0 Å². The van der Waals surface area contributed by atoms with Gasteiger partial charge in [-0.15, -0.1) is 0 Å². The topological polar surface area (TPSA) is 83.8 Å². The Hall–Kier alpha value is -2.22. The van der Waals surface area contributed by atoms with E-state index < -0.39 is 0 Å². The molecule has 0 fully saturated rings. The van der Waals surface area contributed by atoms with Crippen molar-refractivity contribution in [3.63, 3.8) is 0 Å². The lowest BCUT2D eigenvalue weighted by Gasteiger charge is -2.13. The fourth-order valence-electron chi connectivity index (χ4n) is 1.34. The summed E-state index contributed by atoms with van der Waals surface area (Å²) in [5, 5.41) is 8.93. The van der Waals surface area contributed by atoms with E-state index in [2.05, 4.69) is 30.8 Å². The minimum absolute atomic E-state index is 0.468. The number of rotatable bonds is 5. The first-order chi connectivity index (χ1) is 8.69. The lowest BCUT2D eigenvalue weighted by molar-refractivity contribution is 0.488. The summed E-state index contributed by atoms with van der Waals surface area (Å²) < 4.78 is 1.59. The van der Waals surface area contributed by atoms with Crippen molar-refractivity contribution >= 4 is 11.9 Å². The van der Waals surface area contributed by atoms with E-state index >= 15 is 0 Å². The molecule has 0 aliphatic heterocycles. The van der Waals surface area contributed by atoms with Crippen LogP contribution in [0.2, 0.25) is 0 Å². The van der Waals surface area contributed by atoms with Crippen molar-refractivity contribution in [1.82, 2.24) is 29.7 Å². The van der Waals surface area contributed by atoms with Crippen molar-refractivity contribution in [3.05, 3.63) is 18.5 Å². The maximum atomic E-state index is 4.28. The highest BCUT2D eigenvalue weighted by Gasteiger charge is 2.08. The molecule has 8 nitrogen and oxygen atoms in total. The fourth-order valence-corrected chi connectivity index (χ4v) is 1.34. The number of hydrogen-bond donors (Lipinski definition) is 2. The zero-order valence-electron chi connectivity index (χ0n) is 10.6. The smallest absolute Gasteiger partial charge is 0.257 e. The maximum Gasteiger partial charge on any atom is 0.257 e. The molecule has 0 aliphatic carbocycles. The van der Waals surface area contributed by atoms with Crippen LogP contribution in [-0.4, -0.2) is 50.4 Å². The molecule has 0 amide bonds. The Morgan fingerprint density at radius 1 is 1.22 bits per heavy atom. The van der Waals surface area contributed by atoms with Crippen molar-refractivity contribution in [2.75, 3.05) is 31.4 Å². The molecular formula is C10H16N8. The van der Waals surface area contributed by atoms with Gasteiger partial charge < -0.3 is 5.32 Å². The number of nitrogens with one attached hydrogen (secondary N) is 2. The van der Waals surface area contributed by atoms with E-state index in [0.717, 1.165) is 6.54 Å². The van der Waals surface area contributed by atoms with Crippen LogP contribution < -0.4 is 10.7 Å². The van der Waals surface area contributed by atoms with Crippen LogP contribution in [0.15, 0.2) is 18.5 Å². The largest absolute Gasteiger partial charge is 0.354 e. The molecule has 2 heterocycles. The average molecular weight is 248 g/mol. The third-order valence-electron chi connectivity index (χ3n) is 1.99. The number of aromatic nitrogens is 5. The van der Waals surface area contributed by atoms with Gasteiger partial charge >= 0.3 is 0 Å². The lowest BCUT2D eigenvalue weighted by atomic mass is 10.7. The van der Waals surface area contributed by atoms with E-state index in [1.807, 2.05) is 27.1 Å². The van der Waals surface area contributed by atoms with Gasteiger partial charge in [-0.2, -0.15) is 20.1 Å². The molecule has 2 N–H and O–H groups in total. The van der Waals surface area contributed by atoms with Crippen molar-refractivity contribution in [2.24, 2.45) is 0 Å². The van der Waals surface area contributed by atoms with Crippen LogP contribution in [0.25, 0.3) is 5.95 Å². The Morgan fingerprint density at radius 2 is 2.00 bits per heavy atom. The second kappa shape index (κ2) is 5.41. The Kier molecular flexibility index (Phi) is 3.68. The zero-order chi connectivity index (χ0) is 13.0. The molecule has 0 spiro atoms. The van der Waals surface area contributed by atoms with E-state index in [0.29, 0.717) is 17.8 Å². The molecule has 2 aromatic heterocycles. The normalized spacial score (nSPS) is 10.7. The van der Waals surface area contributed by atoms with Gasteiger partial charge in [0.05, 0.1) is 0 Å². The Labute approximate surface area is 105 Å². The van der Waals surface area contributed by atoms with Crippen LogP contribution in [0.5, 0.6) is 0 Å². The van der Waals surface area contributed by atoms with E-state index in [9.17, 15) is 0 Å². The first-order valence-corrected chi connectivity index (χ1v) is 5.63. The number of nitrogens with zero attached hydrogens (tertiary/aromatic N) is 6. The highest BCUT2D eigenvalue weighted by molar-refractivity contribution is 5.36. The molecule has 0 aliphatic rings. The zero-order valence-corrected chi connectivity index (χ0v) is 10.6. The Bertz CT molecular complexity index is 493. The summed E-state index contributed by atoms with van der Waals surface area (Å²) in [6.07, 6.45) is 3.46. The minimum Gasteiger partial charge on any atom is -0.354 e. The molecule has 0 aromatic carbocycles. The summed E-state index contributed by atoms with van der Waals surface area (Å²) in [5.41, 5.74) is 3.00. The van der Waals surface area contributed by atoms with E-state index in [4.69, 9.17) is 0 Å². The highest BCUT2D eigenvalue weighted by atomic mass is 15.5. The van der Waals surface area contributed by atoms with Crippen molar-refractivity contribution in [3.8, 4) is 5.95 Å². The summed E-state index contributed by atoms with van der Waals surface area (Å²) in [6, 6.07) is 1.82. The van der Waals surface area contributed by atoms with Crippen LogP contribution in [0.1, 0.15) is 6.92 Å². The molecular weight excluding hydrogens is 232 g/mol. The molecule has 0 unspecified atom stereocenters. The third-order valence-corrected chi connectivity index (χ3v) is 1.99. The first-order valence-electron chi connectivity index (χ1n) is 5.63. The van der Waals surface area contributed by atoms with Gasteiger partial charge in [0.15, 0.2) is 0 Å². The molecule has 0 saturated carbocycles. The standard InChI is InChI=1S/C10H16N8/c1-4-11-8-13-9(16-17(2)3)15-10(14-8)18-7-5-6-12-18/h5-7H,4H2,1-3H3,(H2,11,13,14,15,16). The first kappa shape index (κ1) is 12.2. The SMILES string of the molecule is CCNc1nc(NN(C)C)nc(-n2cccn2)n1. The predicted octanol–water partition coefficient (Wildman–Crippen LogP) is 0.378. The molecule has 8 heteroatoms. The van der Waals surface area contributed by atoms with E-state index in [-0.39, 0.29) is 0 Å². The van der Waals surface area contributed by atoms with Gasteiger partial charge in [-0.05, 0) is 13.0 Å². The number of hydrazine groups is 1. The van der Waals surface area contributed by atoms with Crippen LogP contribution >= 0.6 is 0 Å². The summed E-state index contributed by atoms with van der Waals surface area (Å²) in [6.45, 7) is 2.72. The van der Waals surface area contributed by atoms with Gasteiger partial charge in [-0.1, -0.05) is 0 Å². The highest BCUT2D eigenvalue weighted by Crippen LogP contribution is 2.08. The summed E-state index contributed by atoms with van der Waals surface area (Å²) >= 11 is 0. The Morgan fingerprint density at radius 3 is 2.61 bits per heavy atom. The molecule has 18 heavy (non-hydrogen) atoms. The third kappa shape index (κ3) is 2.92. The quantitative estimate of drug-likeness (QED) is 0.740. The van der Waals surface area contributed by atoms with E-state index in [1.165, 1.54) is 0 Å². The monoisotopic (exact) mass is 248 g/mol. The summed E-state index contributed by atoms with van der Waals surface area (Å²) in [5.74, 6) is 1.45.